The highest BCUT2D eigenvalue weighted by Crippen LogP contribution is 2.39. The van der Waals surface area contributed by atoms with Gasteiger partial charge in [0.1, 0.15) is 5.75 Å². The van der Waals surface area contributed by atoms with Crippen LogP contribution in [0, 0.1) is 13.8 Å². The summed E-state index contributed by atoms with van der Waals surface area (Å²) in [4.78, 5) is 25.3. The Hall–Kier alpha value is -3.25. The third kappa shape index (κ3) is 5.08. The molecule has 0 unspecified atom stereocenters. The van der Waals surface area contributed by atoms with Gasteiger partial charge in [-0.25, -0.2) is 4.98 Å². The largest absolute Gasteiger partial charge is 0.437 e. The minimum atomic E-state index is -0.518. The van der Waals surface area contributed by atoms with Crippen molar-refractivity contribution < 1.29 is 14.3 Å². The van der Waals surface area contributed by atoms with Gasteiger partial charge >= 0.3 is 0 Å². The van der Waals surface area contributed by atoms with Gasteiger partial charge in [0.2, 0.25) is 11.8 Å². The van der Waals surface area contributed by atoms with E-state index in [1.54, 1.807) is 6.20 Å². The molecule has 0 spiro atoms. The number of aryl methyl sites for hydroxylation is 2. The maximum absolute atomic E-state index is 14.1. The summed E-state index contributed by atoms with van der Waals surface area (Å²) in [6, 6.07) is 16.4. The zero-order chi connectivity index (χ0) is 24.3. The van der Waals surface area contributed by atoms with Crippen LogP contribution in [0.2, 0.25) is 0 Å². The Morgan fingerprint density at radius 1 is 1.06 bits per heavy atom. The number of carbonyl (C=O) groups is 1. The first-order valence-corrected chi connectivity index (χ1v) is 12.5. The average Bonchev–Trinajstić information content (AvgIpc) is 2.89. The smallest absolute Gasteiger partial charge is 0.238 e. The molecule has 2 saturated heterocycles. The zero-order valence-electron chi connectivity index (χ0n) is 20.6. The molecule has 35 heavy (non-hydrogen) atoms. The number of rotatable bonds is 5. The molecule has 0 radical (unpaired) electrons. The van der Waals surface area contributed by atoms with E-state index in [0.717, 1.165) is 54.8 Å². The van der Waals surface area contributed by atoms with Gasteiger partial charge in [0.05, 0.1) is 17.3 Å². The van der Waals surface area contributed by atoms with Crippen LogP contribution in [-0.4, -0.2) is 47.1 Å². The number of hydrogen-bond acceptors (Lipinski definition) is 5. The first kappa shape index (κ1) is 23.5. The lowest BCUT2D eigenvalue weighted by molar-refractivity contribution is -0.142. The molecule has 0 N–H and O–H groups in total. The molecular formula is C29H33N3O3. The molecule has 1 amide bonds. The number of ether oxygens (including phenoxy) is 2. The summed E-state index contributed by atoms with van der Waals surface area (Å²) in [5.74, 6) is 1.58. The molecule has 5 rings (SSSR count). The standard InChI is InChI=1S/C29H33N3O3/c1-21-8-10-24(11-9-21)29(12-15-34-16-13-29)28(33)32-14-4-6-23(20-32)26-18-30-19-27(31-26)35-25-7-3-5-22(2)17-25/h3,5,7-11,17-19,23H,4,6,12-16,20H2,1-2H3/t23-/m1/s1. The molecule has 6 nitrogen and oxygen atoms in total. The van der Waals surface area contributed by atoms with Gasteiger partial charge < -0.3 is 14.4 Å². The molecule has 2 aliphatic heterocycles. The van der Waals surface area contributed by atoms with Gasteiger partial charge in [-0.05, 0) is 62.8 Å². The number of likely N-dealkylation sites (tertiary alicyclic amines) is 1. The molecule has 3 aromatic rings. The third-order valence-electron chi connectivity index (χ3n) is 7.33. The van der Waals surface area contributed by atoms with Crippen molar-refractivity contribution >= 4 is 5.91 Å². The van der Waals surface area contributed by atoms with Crippen LogP contribution in [0.25, 0.3) is 0 Å². The Morgan fingerprint density at radius 2 is 1.86 bits per heavy atom. The van der Waals surface area contributed by atoms with E-state index in [2.05, 4.69) is 41.1 Å². The summed E-state index contributed by atoms with van der Waals surface area (Å²) in [7, 11) is 0. The summed E-state index contributed by atoms with van der Waals surface area (Å²) in [6.07, 6.45) is 6.82. The van der Waals surface area contributed by atoms with E-state index in [0.29, 0.717) is 25.6 Å². The lowest BCUT2D eigenvalue weighted by Crippen LogP contribution is -2.52. The fraction of sp³-hybridized carbons (Fsp3) is 0.414. The highest BCUT2D eigenvalue weighted by Gasteiger charge is 2.45. The predicted octanol–water partition coefficient (Wildman–Crippen LogP) is 5.34. The van der Waals surface area contributed by atoms with Crippen LogP contribution in [0.15, 0.2) is 60.9 Å². The molecule has 1 aromatic heterocycles. The molecule has 1 atom stereocenters. The van der Waals surface area contributed by atoms with E-state index in [1.807, 2.05) is 37.4 Å². The van der Waals surface area contributed by atoms with E-state index < -0.39 is 5.41 Å². The van der Waals surface area contributed by atoms with Crippen LogP contribution in [0.1, 0.15) is 54.0 Å². The first-order valence-electron chi connectivity index (χ1n) is 12.5. The maximum atomic E-state index is 14.1. The molecule has 0 saturated carbocycles. The summed E-state index contributed by atoms with van der Waals surface area (Å²) in [6.45, 7) is 6.76. The number of nitrogens with zero attached hydrogens (tertiary/aromatic N) is 3. The van der Waals surface area contributed by atoms with Gasteiger partial charge in [-0.15, -0.1) is 0 Å². The summed E-state index contributed by atoms with van der Waals surface area (Å²) in [5, 5.41) is 0. The monoisotopic (exact) mass is 471 g/mol. The molecule has 6 heteroatoms. The lowest BCUT2D eigenvalue weighted by atomic mass is 9.72. The summed E-state index contributed by atoms with van der Waals surface area (Å²) < 4.78 is 11.6. The molecule has 3 heterocycles. The van der Waals surface area contributed by atoms with Gasteiger partial charge in [0.15, 0.2) is 0 Å². The van der Waals surface area contributed by atoms with Crippen molar-refractivity contribution in [3.8, 4) is 11.6 Å². The number of carbonyl (C=O) groups excluding carboxylic acids is 1. The van der Waals surface area contributed by atoms with Crippen LogP contribution in [0.5, 0.6) is 11.6 Å². The highest BCUT2D eigenvalue weighted by atomic mass is 16.5. The Balaban J connectivity index is 1.35. The van der Waals surface area contributed by atoms with Crippen LogP contribution in [0.4, 0.5) is 0 Å². The van der Waals surface area contributed by atoms with Crippen LogP contribution in [0.3, 0.4) is 0 Å². The van der Waals surface area contributed by atoms with Crippen molar-refractivity contribution in [1.29, 1.82) is 0 Å². The van der Waals surface area contributed by atoms with Gasteiger partial charge in [-0.2, -0.15) is 0 Å². The van der Waals surface area contributed by atoms with Crippen molar-refractivity contribution in [2.45, 2.75) is 50.9 Å². The number of amides is 1. The first-order chi connectivity index (χ1) is 17.0. The van der Waals surface area contributed by atoms with E-state index in [-0.39, 0.29) is 11.8 Å². The van der Waals surface area contributed by atoms with Crippen LogP contribution >= 0.6 is 0 Å². The Labute approximate surface area is 207 Å². The molecule has 0 bridgehead atoms. The Bertz CT molecular complexity index is 1170. The Kier molecular flexibility index (Phi) is 6.82. The zero-order valence-corrected chi connectivity index (χ0v) is 20.6. The molecular weight excluding hydrogens is 438 g/mol. The second-order valence-corrected chi connectivity index (χ2v) is 9.85. The van der Waals surface area contributed by atoms with Crippen molar-refractivity contribution in [3.05, 3.63) is 83.3 Å². The van der Waals surface area contributed by atoms with Crippen LogP contribution in [-0.2, 0) is 14.9 Å². The van der Waals surface area contributed by atoms with E-state index in [1.165, 1.54) is 5.56 Å². The molecule has 2 aliphatic rings. The maximum Gasteiger partial charge on any atom is 0.238 e. The molecule has 2 aromatic carbocycles. The van der Waals surface area contributed by atoms with E-state index in [9.17, 15) is 4.79 Å². The topological polar surface area (TPSA) is 64.6 Å². The van der Waals surface area contributed by atoms with Gasteiger partial charge in [-0.1, -0.05) is 42.0 Å². The number of aromatic nitrogens is 2. The normalized spacial score (nSPS) is 19.8. The predicted molar refractivity (Wildman–Crippen MR) is 135 cm³/mol. The highest BCUT2D eigenvalue weighted by molar-refractivity contribution is 5.88. The second kappa shape index (κ2) is 10.2. The van der Waals surface area contributed by atoms with Gasteiger partial charge in [0.25, 0.3) is 0 Å². The minimum Gasteiger partial charge on any atom is -0.437 e. The van der Waals surface area contributed by atoms with Crippen molar-refractivity contribution in [3.63, 3.8) is 0 Å². The third-order valence-corrected chi connectivity index (χ3v) is 7.33. The number of hydrogen-bond donors (Lipinski definition) is 0. The molecule has 2 fully saturated rings. The summed E-state index contributed by atoms with van der Waals surface area (Å²) in [5.41, 5.74) is 3.79. The summed E-state index contributed by atoms with van der Waals surface area (Å²) >= 11 is 0. The average molecular weight is 472 g/mol. The van der Waals surface area contributed by atoms with Crippen LogP contribution < -0.4 is 4.74 Å². The quantitative estimate of drug-likeness (QED) is 0.503. The molecule has 182 valence electrons. The lowest BCUT2D eigenvalue weighted by Gasteiger charge is -2.42. The molecule has 0 aliphatic carbocycles. The van der Waals surface area contributed by atoms with Gasteiger partial charge in [0, 0.05) is 38.4 Å². The van der Waals surface area contributed by atoms with Crippen molar-refractivity contribution in [2.24, 2.45) is 0 Å². The fourth-order valence-electron chi connectivity index (χ4n) is 5.33. The van der Waals surface area contributed by atoms with Gasteiger partial charge in [-0.3, -0.25) is 9.78 Å². The van der Waals surface area contributed by atoms with Crippen molar-refractivity contribution in [1.82, 2.24) is 14.9 Å². The van der Waals surface area contributed by atoms with Crippen molar-refractivity contribution in [2.75, 3.05) is 26.3 Å². The minimum absolute atomic E-state index is 0.135. The fourth-order valence-corrected chi connectivity index (χ4v) is 5.33. The SMILES string of the molecule is Cc1ccc(C2(C(=O)N3CCC[C@@H](c4cncc(Oc5cccc(C)c5)n4)C3)CCOCC2)cc1. The Morgan fingerprint density at radius 3 is 2.63 bits per heavy atom. The van der Waals surface area contributed by atoms with E-state index >= 15 is 0 Å². The number of benzene rings is 2. The van der Waals surface area contributed by atoms with E-state index in [4.69, 9.17) is 14.5 Å². The number of piperidine rings is 1. The second-order valence-electron chi connectivity index (χ2n) is 9.85.